The van der Waals surface area contributed by atoms with Crippen molar-refractivity contribution in [2.75, 3.05) is 0 Å². The topological polar surface area (TPSA) is 104 Å². The molecule has 2 amide bonds. The van der Waals surface area contributed by atoms with Gasteiger partial charge in [-0.3, -0.25) is 14.8 Å². The van der Waals surface area contributed by atoms with Crippen molar-refractivity contribution >= 4 is 12.0 Å². The Morgan fingerprint density at radius 2 is 2.00 bits per heavy atom. The van der Waals surface area contributed by atoms with E-state index in [9.17, 15) is 9.59 Å². The van der Waals surface area contributed by atoms with Crippen LogP contribution in [0.1, 0.15) is 38.1 Å². The highest BCUT2D eigenvalue weighted by molar-refractivity contribution is 5.74. The minimum absolute atomic E-state index is 0.0106. The van der Waals surface area contributed by atoms with E-state index < -0.39 is 11.5 Å². The highest BCUT2D eigenvalue weighted by atomic mass is 16.4. The summed E-state index contributed by atoms with van der Waals surface area (Å²) in [5.74, 6) is -0.879. The number of hydrogen-bond donors (Lipinski definition) is 3. The van der Waals surface area contributed by atoms with Gasteiger partial charge in [-0.2, -0.15) is 0 Å². The third-order valence-corrected chi connectivity index (χ3v) is 2.68. The number of amides is 2. The van der Waals surface area contributed by atoms with Crippen LogP contribution >= 0.6 is 0 Å². The minimum Gasteiger partial charge on any atom is -0.481 e. The smallest absolute Gasteiger partial charge is 0.315 e. The van der Waals surface area contributed by atoms with Gasteiger partial charge in [0.25, 0.3) is 0 Å². The molecule has 0 aromatic carbocycles. The Hall–Kier alpha value is -2.18. The van der Waals surface area contributed by atoms with Crippen LogP contribution in [0.15, 0.2) is 12.4 Å². The number of aryl methyl sites for hydroxylation is 1. The van der Waals surface area contributed by atoms with Crippen molar-refractivity contribution < 1.29 is 14.7 Å². The molecular formula is C13H20N4O3. The van der Waals surface area contributed by atoms with Crippen molar-refractivity contribution in [2.45, 2.75) is 45.7 Å². The van der Waals surface area contributed by atoms with Crippen LogP contribution in [0.5, 0.6) is 0 Å². The summed E-state index contributed by atoms with van der Waals surface area (Å²) in [5, 5.41) is 14.0. The second-order valence-corrected chi connectivity index (χ2v) is 5.23. The van der Waals surface area contributed by atoms with Gasteiger partial charge >= 0.3 is 12.0 Å². The summed E-state index contributed by atoms with van der Waals surface area (Å²) in [6.07, 6.45) is 3.60. The van der Waals surface area contributed by atoms with Gasteiger partial charge < -0.3 is 15.7 Å². The minimum atomic E-state index is -0.879. The predicted molar refractivity (Wildman–Crippen MR) is 73.1 cm³/mol. The van der Waals surface area contributed by atoms with Crippen molar-refractivity contribution in [1.29, 1.82) is 0 Å². The van der Waals surface area contributed by atoms with Gasteiger partial charge in [-0.05, 0) is 27.2 Å². The lowest BCUT2D eigenvalue weighted by molar-refractivity contribution is -0.137. The molecule has 3 N–H and O–H groups in total. The Morgan fingerprint density at radius 3 is 2.55 bits per heavy atom. The summed E-state index contributed by atoms with van der Waals surface area (Å²) in [5.41, 5.74) is 0.892. The van der Waals surface area contributed by atoms with Crippen LogP contribution in [0.25, 0.3) is 0 Å². The molecule has 1 rings (SSSR count). The molecule has 0 atom stereocenters. The van der Waals surface area contributed by atoms with Crippen molar-refractivity contribution in [3.8, 4) is 0 Å². The van der Waals surface area contributed by atoms with Crippen molar-refractivity contribution in [3.63, 3.8) is 0 Å². The summed E-state index contributed by atoms with van der Waals surface area (Å²) in [4.78, 5) is 30.5. The SMILES string of the molecule is Cc1cnc(CNC(=O)NC(C)(C)CCC(=O)O)cn1. The van der Waals surface area contributed by atoms with Gasteiger partial charge in [0.1, 0.15) is 0 Å². The average Bonchev–Trinajstić information content (AvgIpc) is 2.35. The van der Waals surface area contributed by atoms with E-state index in [-0.39, 0.29) is 19.0 Å². The zero-order valence-electron chi connectivity index (χ0n) is 11.9. The van der Waals surface area contributed by atoms with Gasteiger partial charge in [0.2, 0.25) is 0 Å². The van der Waals surface area contributed by atoms with Crippen LogP contribution in [0.2, 0.25) is 0 Å². The first-order valence-electron chi connectivity index (χ1n) is 6.34. The molecule has 0 aliphatic rings. The first kappa shape index (κ1) is 15.9. The van der Waals surface area contributed by atoms with Crippen LogP contribution in [-0.2, 0) is 11.3 Å². The molecule has 0 saturated carbocycles. The fraction of sp³-hybridized carbons (Fsp3) is 0.538. The number of nitrogens with zero attached hydrogens (tertiary/aromatic N) is 2. The molecule has 20 heavy (non-hydrogen) atoms. The Labute approximate surface area is 117 Å². The molecule has 1 heterocycles. The van der Waals surface area contributed by atoms with Gasteiger partial charge in [0.05, 0.1) is 24.1 Å². The summed E-state index contributed by atoms with van der Waals surface area (Å²) in [7, 11) is 0. The molecule has 110 valence electrons. The number of carboxylic acids is 1. The molecule has 0 fully saturated rings. The zero-order valence-corrected chi connectivity index (χ0v) is 11.9. The largest absolute Gasteiger partial charge is 0.481 e. The summed E-state index contributed by atoms with van der Waals surface area (Å²) in [6.45, 7) is 5.67. The molecule has 7 heteroatoms. The maximum Gasteiger partial charge on any atom is 0.315 e. The first-order valence-corrected chi connectivity index (χ1v) is 6.34. The first-order chi connectivity index (χ1) is 9.28. The van der Waals surface area contributed by atoms with Gasteiger partial charge in [0, 0.05) is 18.2 Å². The summed E-state index contributed by atoms with van der Waals surface area (Å²) < 4.78 is 0. The number of aromatic nitrogens is 2. The van der Waals surface area contributed by atoms with Crippen molar-refractivity contribution in [2.24, 2.45) is 0 Å². The second-order valence-electron chi connectivity index (χ2n) is 5.23. The lowest BCUT2D eigenvalue weighted by atomic mass is 9.99. The molecule has 7 nitrogen and oxygen atoms in total. The second kappa shape index (κ2) is 6.83. The summed E-state index contributed by atoms with van der Waals surface area (Å²) >= 11 is 0. The quantitative estimate of drug-likeness (QED) is 0.727. The van der Waals surface area contributed by atoms with Crippen molar-refractivity contribution in [3.05, 3.63) is 23.8 Å². The Balaban J connectivity index is 2.39. The fourth-order valence-corrected chi connectivity index (χ4v) is 1.51. The molecular weight excluding hydrogens is 260 g/mol. The number of aliphatic carboxylic acids is 1. The van der Waals surface area contributed by atoms with Crippen LogP contribution < -0.4 is 10.6 Å². The number of urea groups is 1. The molecule has 1 aromatic rings. The Morgan fingerprint density at radius 1 is 1.30 bits per heavy atom. The monoisotopic (exact) mass is 280 g/mol. The van der Waals surface area contributed by atoms with Gasteiger partial charge in [-0.25, -0.2) is 4.79 Å². The van der Waals surface area contributed by atoms with E-state index in [1.165, 1.54) is 0 Å². The van der Waals surface area contributed by atoms with E-state index in [2.05, 4.69) is 20.6 Å². The molecule has 0 aliphatic carbocycles. The molecule has 0 spiro atoms. The normalized spacial score (nSPS) is 10.9. The molecule has 0 bridgehead atoms. The fourth-order valence-electron chi connectivity index (χ4n) is 1.51. The van der Waals surface area contributed by atoms with Crippen LogP contribution in [-0.4, -0.2) is 32.6 Å². The van der Waals surface area contributed by atoms with Crippen LogP contribution in [0.4, 0.5) is 4.79 Å². The van der Waals surface area contributed by atoms with E-state index in [1.54, 1.807) is 26.2 Å². The lowest BCUT2D eigenvalue weighted by Gasteiger charge is -2.25. The van der Waals surface area contributed by atoms with E-state index in [1.807, 2.05) is 6.92 Å². The molecule has 0 unspecified atom stereocenters. The lowest BCUT2D eigenvalue weighted by Crippen LogP contribution is -2.48. The number of carbonyl (C=O) groups excluding carboxylic acids is 1. The maximum absolute atomic E-state index is 11.7. The third-order valence-electron chi connectivity index (χ3n) is 2.68. The van der Waals surface area contributed by atoms with Gasteiger partial charge in [-0.15, -0.1) is 0 Å². The Bertz CT molecular complexity index is 471. The number of carboxylic acid groups (broad SMARTS) is 1. The molecule has 0 saturated heterocycles. The maximum atomic E-state index is 11.7. The number of rotatable bonds is 6. The predicted octanol–water partition coefficient (Wildman–Crippen LogP) is 1.23. The third kappa shape index (κ3) is 6.12. The Kier molecular flexibility index (Phi) is 5.42. The standard InChI is InChI=1S/C13H20N4O3/c1-9-6-15-10(7-14-9)8-16-12(20)17-13(2,3)5-4-11(18)19/h6-7H,4-5,8H2,1-3H3,(H,18,19)(H2,16,17,20). The van der Waals surface area contributed by atoms with Crippen LogP contribution in [0, 0.1) is 6.92 Å². The highest BCUT2D eigenvalue weighted by Crippen LogP contribution is 2.10. The highest BCUT2D eigenvalue weighted by Gasteiger charge is 2.21. The zero-order chi connectivity index (χ0) is 15.2. The molecule has 0 aliphatic heterocycles. The van der Waals surface area contributed by atoms with E-state index in [4.69, 9.17) is 5.11 Å². The van der Waals surface area contributed by atoms with Gasteiger partial charge in [-0.1, -0.05) is 0 Å². The van der Waals surface area contributed by atoms with E-state index in [0.717, 1.165) is 5.69 Å². The average molecular weight is 280 g/mol. The summed E-state index contributed by atoms with van der Waals surface area (Å²) in [6, 6.07) is -0.359. The van der Waals surface area contributed by atoms with E-state index >= 15 is 0 Å². The molecule has 0 radical (unpaired) electrons. The van der Waals surface area contributed by atoms with Crippen LogP contribution in [0.3, 0.4) is 0 Å². The number of carbonyl (C=O) groups is 2. The molecule has 1 aromatic heterocycles. The van der Waals surface area contributed by atoms with E-state index in [0.29, 0.717) is 12.1 Å². The number of hydrogen-bond acceptors (Lipinski definition) is 4. The van der Waals surface area contributed by atoms with Gasteiger partial charge in [0.15, 0.2) is 0 Å². The number of nitrogens with one attached hydrogen (secondary N) is 2. The van der Waals surface area contributed by atoms with Crippen molar-refractivity contribution in [1.82, 2.24) is 20.6 Å².